The van der Waals surface area contributed by atoms with Crippen LogP contribution in [0.25, 0.3) is 6.08 Å². The van der Waals surface area contributed by atoms with E-state index in [1.807, 2.05) is 31.2 Å². The van der Waals surface area contributed by atoms with Crippen molar-refractivity contribution in [2.75, 3.05) is 13.2 Å². The maximum Gasteiger partial charge on any atom is 0.270 e. The van der Waals surface area contributed by atoms with Gasteiger partial charge in [0.25, 0.3) is 17.7 Å². The monoisotopic (exact) mass is 519 g/mol. The minimum Gasteiger partial charge on any atom is -0.494 e. The van der Waals surface area contributed by atoms with Crippen molar-refractivity contribution < 1.29 is 19.1 Å². The average Bonchev–Trinajstić information content (AvgIpc) is 3.01. The smallest absolute Gasteiger partial charge is 0.270 e. The van der Waals surface area contributed by atoms with Crippen molar-refractivity contribution >= 4 is 68.0 Å². The molecule has 160 valence electrons. The van der Waals surface area contributed by atoms with Crippen molar-refractivity contribution in [2.45, 2.75) is 6.92 Å². The number of thiocarbonyl (C=S) groups is 1. The fraction of sp³-hybridized carbons (Fsp3) is 0.143. The zero-order valence-electron chi connectivity index (χ0n) is 16.4. The quantitative estimate of drug-likeness (QED) is 0.345. The largest absolute Gasteiger partial charge is 0.494 e. The second-order valence-electron chi connectivity index (χ2n) is 6.25. The minimum absolute atomic E-state index is 0.273. The highest BCUT2D eigenvalue weighted by atomic mass is 79.9. The first-order valence-electron chi connectivity index (χ1n) is 9.21. The van der Waals surface area contributed by atoms with Gasteiger partial charge in [-0.05, 0) is 58.8 Å². The van der Waals surface area contributed by atoms with E-state index in [9.17, 15) is 14.4 Å². The summed E-state index contributed by atoms with van der Waals surface area (Å²) in [5.74, 6) is -0.676. The van der Waals surface area contributed by atoms with Crippen molar-refractivity contribution in [1.29, 1.82) is 0 Å². The molecule has 0 atom stereocenters. The van der Waals surface area contributed by atoms with Crippen molar-refractivity contribution in [2.24, 2.45) is 0 Å². The lowest BCUT2D eigenvalue weighted by molar-refractivity contribution is -0.129. The molecule has 0 spiro atoms. The Morgan fingerprint density at radius 2 is 1.87 bits per heavy atom. The summed E-state index contributed by atoms with van der Waals surface area (Å²) in [6.45, 7) is 2.17. The van der Waals surface area contributed by atoms with Crippen molar-refractivity contribution in [1.82, 2.24) is 15.8 Å². The Hall–Kier alpha value is -2.69. The topological polar surface area (TPSA) is 87.7 Å². The first-order chi connectivity index (χ1) is 14.9. The maximum absolute atomic E-state index is 12.7. The Bertz CT molecular complexity index is 1060. The molecule has 3 rings (SSSR count). The molecule has 3 amide bonds. The van der Waals surface area contributed by atoms with Crippen LogP contribution in [-0.4, -0.2) is 40.1 Å². The van der Waals surface area contributed by atoms with Crippen LogP contribution in [0.2, 0.25) is 0 Å². The number of benzene rings is 2. The van der Waals surface area contributed by atoms with Gasteiger partial charge in [0, 0.05) is 4.47 Å². The third kappa shape index (κ3) is 5.93. The molecule has 10 heteroatoms. The molecular formula is C21H18BrN3O4S2. The zero-order chi connectivity index (χ0) is 22.4. The van der Waals surface area contributed by atoms with Gasteiger partial charge in [-0.3, -0.25) is 30.1 Å². The number of carbonyl (C=O) groups excluding carboxylic acids is 3. The Labute approximate surface area is 197 Å². The molecule has 0 radical (unpaired) electrons. The first-order valence-corrected chi connectivity index (χ1v) is 11.2. The molecule has 1 aliphatic rings. The summed E-state index contributed by atoms with van der Waals surface area (Å²) in [4.78, 5) is 38.7. The number of thioether (sulfide) groups is 1. The van der Waals surface area contributed by atoms with E-state index in [4.69, 9.17) is 17.0 Å². The Morgan fingerprint density at radius 1 is 1.16 bits per heavy atom. The van der Waals surface area contributed by atoms with E-state index in [1.165, 1.54) is 4.90 Å². The summed E-state index contributed by atoms with van der Waals surface area (Å²) >= 11 is 9.64. The van der Waals surface area contributed by atoms with Crippen LogP contribution in [-0.2, 0) is 9.59 Å². The fourth-order valence-electron chi connectivity index (χ4n) is 2.64. The van der Waals surface area contributed by atoms with Crippen molar-refractivity contribution in [3.63, 3.8) is 0 Å². The summed E-state index contributed by atoms with van der Waals surface area (Å²) in [6.07, 6.45) is 1.71. The maximum atomic E-state index is 12.7. The lowest BCUT2D eigenvalue weighted by Gasteiger charge is -2.14. The standard InChI is InChI=1S/C21H18BrN3O4S2/c1-2-29-14-9-7-13(8-10-14)11-17-20(28)25(21(30)31-17)12-18(26)23-24-19(27)15-5-3-4-6-16(15)22/h3-11H,2,12H2,1H3,(H,23,26)(H,24,27). The van der Waals surface area contributed by atoms with Gasteiger partial charge in [-0.25, -0.2) is 0 Å². The third-order valence-electron chi connectivity index (χ3n) is 4.10. The molecule has 0 bridgehead atoms. The highest BCUT2D eigenvalue weighted by Crippen LogP contribution is 2.32. The van der Waals surface area contributed by atoms with Crippen molar-refractivity contribution in [3.05, 3.63) is 69.0 Å². The van der Waals surface area contributed by atoms with Crippen LogP contribution in [0.4, 0.5) is 0 Å². The number of ether oxygens (including phenoxy) is 1. The summed E-state index contributed by atoms with van der Waals surface area (Å²) < 4.78 is 6.27. The van der Waals surface area contributed by atoms with Gasteiger partial charge in [0.15, 0.2) is 0 Å². The molecule has 1 heterocycles. The molecule has 0 aromatic heterocycles. The number of rotatable bonds is 6. The van der Waals surface area contributed by atoms with E-state index in [0.717, 1.165) is 23.1 Å². The van der Waals surface area contributed by atoms with E-state index < -0.39 is 11.8 Å². The number of hydrogen-bond acceptors (Lipinski definition) is 6. The lowest BCUT2D eigenvalue weighted by Crippen LogP contribution is -2.47. The Kier molecular flexibility index (Phi) is 7.83. The molecule has 1 saturated heterocycles. The van der Waals surface area contributed by atoms with Crippen LogP contribution in [0.5, 0.6) is 5.75 Å². The highest BCUT2D eigenvalue weighted by molar-refractivity contribution is 9.10. The number of hydrogen-bond donors (Lipinski definition) is 2. The van der Waals surface area contributed by atoms with E-state index >= 15 is 0 Å². The van der Waals surface area contributed by atoms with Gasteiger partial charge in [-0.15, -0.1) is 0 Å². The van der Waals surface area contributed by atoms with Crippen molar-refractivity contribution in [3.8, 4) is 5.75 Å². The van der Waals surface area contributed by atoms with E-state index in [2.05, 4.69) is 26.8 Å². The predicted octanol–water partition coefficient (Wildman–Crippen LogP) is 3.51. The summed E-state index contributed by atoms with van der Waals surface area (Å²) in [5.41, 5.74) is 5.81. The molecule has 2 aromatic rings. The molecular weight excluding hydrogens is 502 g/mol. The number of nitrogens with zero attached hydrogens (tertiary/aromatic N) is 1. The molecule has 2 aromatic carbocycles. The van der Waals surface area contributed by atoms with Gasteiger partial charge in [-0.1, -0.05) is 48.2 Å². The average molecular weight is 520 g/mol. The summed E-state index contributed by atoms with van der Waals surface area (Å²) in [5, 5.41) is 0. The van der Waals surface area contributed by atoms with Gasteiger partial charge < -0.3 is 4.74 Å². The van der Waals surface area contributed by atoms with Crippen LogP contribution >= 0.6 is 39.9 Å². The fourth-order valence-corrected chi connectivity index (χ4v) is 4.36. The molecule has 0 unspecified atom stereocenters. The zero-order valence-corrected chi connectivity index (χ0v) is 19.6. The van der Waals surface area contributed by atoms with Crippen LogP contribution in [0, 0.1) is 0 Å². The Morgan fingerprint density at radius 3 is 2.55 bits per heavy atom. The molecule has 31 heavy (non-hydrogen) atoms. The third-order valence-corrected chi connectivity index (χ3v) is 6.17. The number of nitrogens with one attached hydrogen (secondary N) is 2. The lowest BCUT2D eigenvalue weighted by atomic mass is 10.2. The van der Waals surface area contributed by atoms with E-state index in [1.54, 1.807) is 30.3 Å². The molecule has 0 aliphatic carbocycles. The van der Waals surface area contributed by atoms with E-state index in [-0.39, 0.29) is 16.8 Å². The van der Waals surface area contributed by atoms with Gasteiger partial charge in [0.1, 0.15) is 16.6 Å². The normalized spacial score (nSPS) is 14.6. The second kappa shape index (κ2) is 10.6. The highest BCUT2D eigenvalue weighted by Gasteiger charge is 2.33. The second-order valence-corrected chi connectivity index (χ2v) is 8.78. The number of amides is 3. The van der Waals surface area contributed by atoms with E-state index in [0.29, 0.717) is 21.5 Å². The Balaban J connectivity index is 1.58. The molecule has 1 aliphatic heterocycles. The van der Waals surface area contributed by atoms with Crippen LogP contribution in [0.1, 0.15) is 22.8 Å². The number of hydrazine groups is 1. The van der Waals surface area contributed by atoms with Gasteiger partial charge in [0.05, 0.1) is 17.1 Å². The molecule has 7 nitrogen and oxygen atoms in total. The van der Waals surface area contributed by atoms with Crippen LogP contribution < -0.4 is 15.6 Å². The molecule has 2 N–H and O–H groups in total. The number of carbonyl (C=O) groups is 3. The van der Waals surface area contributed by atoms with Gasteiger partial charge in [0.2, 0.25) is 0 Å². The summed E-state index contributed by atoms with van der Waals surface area (Å²) in [6, 6.07) is 14.1. The number of halogens is 1. The van der Waals surface area contributed by atoms with Gasteiger partial charge in [-0.2, -0.15) is 0 Å². The minimum atomic E-state index is -0.570. The van der Waals surface area contributed by atoms with Crippen LogP contribution in [0.15, 0.2) is 57.9 Å². The first kappa shape index (κ1) is 23.0. The molecule has 0 saturated carbocycles. The SMILES string of the molecule is CCOc1ccc(C=C2SC(=S)N(CC(=O)NNC(=O)c3ccccc3Br)C2=O)cc1. The van der Waals surface area contributed by atoms with Gasteiger partial charge >= 0.3 is 0 Å². The molecule has 1 fully saturated rings. The van der Waals surface area contributed by atoms with Crippen LogP contribution in [0.3, 0.4) is 0 Å². The summed E-state index contributed by atoms with van der Waals surface area (Å²) in [7, 11) is 0. The predicted molar refractivity (Wildman–Crippen MR) is 127 cm³/mol.